The van der Waals surface area contributed by atoms with Gasteiger partial charge < -0.3 is 5.73 Å². The van der Waals surface area contributed by atoms with E-state index in [1.165, 1.54) is 0 Å². The number of nitrogens with one attached hydrogen (secondary N) is 1. The van der Waals surface area contributed by atoms with Crippen LogP contribution in [0, 0.1) is 19.3 Å². The van der Waals surface area contributed by atoms with Gasteiger partial charge in [-0.05, 0) is 68.2 Å². The van der Waals surface area contributed by atoms with Crippen LogP contribution in [-0.2, 0) is 10.0 Å². The highest BCUT2D eigenvalue weighted by molar-refractivity contribution is 7.89. The third kappa shape index (κ3) is 3.77. The third-order valence-corrected chi connectivity index (χ3v) is 6.24. The molecule has 1 saturated carbocycles. The zero-order valence-electron chi connectivity index (χ0n) is 13.4. The highest BCUT2D eigenvalue weighted by atomic mass is 32.2. The summed E-state index contributed by atoms with van der Waals surface area (Å²) in [7, 11) is -3.48. The predicted molar refractivity (Wildman–Crippen MR) is 86.7 cm³/mol. The molecule has 0 heterocycles. The molecule has 1 aliphatic rings. The van der Waals surface area contributed by atoms with Gasteiger partial charge in [0.2, 0.25) is 10.0 Å². The molecule has 118 valence electrons. The molecule has 1 fully saturated rings. The lowest BCUT2D eigenvalue weighted by Crippen LogP contribution is -2.39. The van der Waals surface area contributed by atoms with E-state index in [0.29, 0.717) is 27.1 Å². The fourth-order valence-electron chi connectivity index (χ4n) is 3.20. The standard InChI is InChI=1S/C16H26N2O2S/c1-11-9-13(17)10-12(2)15(11)21(19,20)18-14-5-7-16(3,4)8-6-14/h9-10,14,18H,5-8,17H2,1-4H3. The topological polar surface area (TPSA) is 72.2 Å². The first-order chi connectivity index (χ1) is 9.61. The van der Waals surface area contributed by atoms with E-state index < -0.39 is 10.0 Å². The average molecular weight is 310 g/mol. The molecular weight excluding hydrogens is 284 g/mol. The molecule has 0 amide bonds. The van der Waals surface area contributed by atoms with Gasteiger partial charge in [-0.15, -0.1) is 0 Å². The first kappa shape index (κ1) is 16.3. The minimum Gasteiger partial charge on any atom is -0.399 e. The molecule has 0 unspecified atom stereocenters. The van der Waals surface area contributed by atoms with Crippen molar-refractivity contribution >= 4 is 15.7 Å². The molecule has 2 rings (SSSR count). The van der Waals surface area contributed by atoms with Crippen molar-refractivity contribution in [3.05, 3.63) is 23.3 Å². The summed E-state index contributed by atoms with van der Waals surface area (Å²) in [6.07, 6.45) is 3.92. The molecule has 3 N–H and O–H groups in total. The Morgan fingerprint density at radius 1 is 1.14 bits per heavy atom. The molecule has 0 radical (unpaired) electrons. The molecule has 0 bridgehead atoms. The SMILES string of the molecule is Cc1cc(N)cc(C)c1S(=O)(=O)NC1CCC(C)(C)CC1. The number of nitrogen functional groups attached to an aromatic ring is 1. The number of hydrogen-bond acceptors (Lipinski definition) is 3. The number of aryl methyl sites for hydroxylation is 2. The van der Waals surface area contributed by atoms with Crippen molar-refractivity contribution in [2.45, 2.75) is 64.3 Å². The largest absolute Gasteiger partial charge is 0.399 e. The first-order valence-corrected chi connectivity index (χ1v) is 8.98. The van der Waals surface area contributed by atoms with Gasteiger partial charge in [0.25, 0.3) is 0 Å². The summed E-state index contributed by atoms with van der Waals surface area (Å²) in [6, 6.07) is 3.47. The van der Waals surface area contributed by atoms with Gasteiger partial charge in [0.15, 0.2) is 0 Å². The lowest BCUT2D eigenvalue weighted by Gasteiger charge is -2.34. The number of sulfonamides is 1. The lowest BCUT2D eigenvalue weighted by atomic mass is 9.76. The first-order valence-electron chi connectivity index (χ1n) is 7.50. The quantitative estimate of drug-likeness (QED) is 0.842. The second-order valence-electron chi connectivity index (χ2n) is 7.04. The van der Waals surface area contributed by atoms with Gasteiger partial charge in [0.1, 0.15) is 0 Å². The number of benzene rings is 1. The second kappa shape index (κ2) is 5.61. The maximum Gasteiger partial charge on any atom is 0.241 e. The number of nitrogens with two attached hydrogens (primary N) is 1. The zero-order valence-corrected chi connectivity index (χ0v) is 14.2. The predicted octanol–water partition coefficient (Wildman–Crippen LogP) is 3.13. The second-order valence-corrected chi connectivity index (χ2v) is 8.69. The van der Waals surface area contributed by atoms with Crippen molar-refractivity contribution in [3.63, 3.8) is 0 Å². The van der Waals surface area contributed by atoms with Crippen LogP contribution in [0.2, 0.25) is 0 Å². The zero-order chi connectivity index (χ0) is 15.8. The Kier molecular flexibility index (Phi) is 4.36. The number of anilines is 1. The summed E-state index contributed by atoms with van der Waals surface area (Å²) in [5, 5.41) is 0. The molecule has 4 nitrogen and oxygen atoms in total. The molecule has 0 atom stereocenters. The Balaban J connectivity index is 2.20. The summed E-state index contributed by atoms with van der Waals surface area (Å²) in [5.74, 6) is 0. The maximum absolute atomic E-state index is 12.7. The Hall–Kier alpha value is -1.07. The van der Waals surface area contributed by atoms with Gasteiger partial charge in [-0.1, -0.05) is 13.8 Å². The van der Waals surface area contributed by atoms with Crippen LogP contribution in [0.3, 0.4) is 0 Å². The van der Waals surface area contributed by atoms with Crippen LogP contribution in [0.4, 0.5) is 5.69 Å². The van der Waals surface area contributed by atoms with E-state index in [1.54, 1.807) is 26.0 Å². The molecule has 0 saturated heterocycles. The molecule has 1 aliphatic carbocycles. The van der Waals surface area contributed by atoms with Crippen molar-refractivity contribution in [2.24, 2.45) is 5.41 Å². The van der Waals surface area contributed by atoms with E-state index in [-0.39, 0.29) is 6.04 Å². The molecular formula is C16H26N2O2S. The van der Waals surface area contributed by atoms with E-state index in [2.05, 4.69) is 18.6 Å². The Bertz CT molecular complexity index is 603. The summed E-state index contributed by atoms with van der Waals surface area (Å²) in [6.45, 7) is 8.07. The van der Waals surface area contributed by atoms with Crippen LogP contribution in [0.25, 0.3) is 0 Å². The van der Waals surface area contributed by atoms with Crippen molar-refractivity contribution in [2.75, 3.05) is 5.73 Å². The van der Waals surface area contributed by atoms with Crippen molar-refractivity contribution in [1.82, 2.24) is 4.72 Å². The van der Waals surface area contributed by atoms with Crippen LogP contribution in [0.5, 0.6) is 0 Å². The van der Waals surface area contributed by atoms with Crippen molar-refractivity contribution in [3.8, 4) is 0 Å². The molecule has 21 heavy (non-hydrogen) atoms. The minimum atomic E-state index is -3.48. The normalized spacial score (nSPS) is 19.6. The fraction of sp³-hybridized carbons (Fsp3) is 0.625. The Labute approximate surface area is 128 Å². The van der Waals surface area contributed by atoms with Crippen molar-refractivity contribution < 1.29 is 8.42 Å². The van der Waals surface area contributed by atoms with E-state index >= 15 is 0 Å². The van der Waals surface area contributed by atoms with Crippen LogP contribution in [0.1, 0.15) is 50.7 Å². The number of hydrogen-bond donors (Lipinski definition) is 2. The fourth-order valence-corrected chi connectivity index (χ4v) is 4.96. The van der Waals surface area contributed by atoms with E-state index in [4.69, 9.17) is 5.73 Å². The molecule has 5 heteroatoms. The highest BCUT2D eigenvalue weighted by Crippen LogP contribution is 2.35. The van der Waals surface area contributed by atoms with Crippen molar-refractivity contribution in [1.29, 1.82) is 0 Å². The summed E-state index contributed by atoms with van der Waals surface area (Å²) in [4.78, 5) is 0.376. The van der Waals surface area contributed by atoms with Gasteiger partial charge in [0.05, 0.1) is 4.90 Å². The monoisotopic (exact) mass is 310 g/mol. The van der Waals surface area contributed by atoms with Gasteiger partial charge in [-0.25, -0.2) is 13.1 Å². The van der Waals surface area contributed by atoms with Gasteiger partial charge in [0, 0.05) is 11.7 Å². The lowest BCUT2D eigenvalue weighted by molar-refractivity contribution is 0.218. The Morgan fingerprint density at radius 2 is 1.62 bits per heavy atom. The van der Waals surface area contributed by atoms with E-state index in [0.717, 1.165) is 25.7 Å². The van der Waals surface area contributed by atoms with E-state index in [9.17, 15) is 8.42 Å². The average Bonchev–Trinajstić information content (AvgIpc) is 2.30. The highest BCUT2D eigenvalue weighted by Gasteiger charge is 2.30. The molecule has 1 aromatic rings. The van der Waals surface area contributed by atoms with Crippen LogP contribution in [-0.4, -0.2) is 14.5 Å². The van der Waals surface area contributed by atoms with E-state index in [1.807, 2.05) is 0 Å². The molecule has 0 spiro atoms. The summed E-state index contributed by atoms with van der Waals surface area (Å²) >= 11 is 0. The van der Waals surface area contributed by atoms with Gasteiger partial charge in [-0.2, -0.15) is 0 Å². The molecule has 0 aliphatic heterocycles. The van der Waals surface area contributed by atoms with Crippen LogP contribution in [0.15, 0.2) is 17.0 Å². The third-order valence-electron chi connectivity index (χ3n) is 4.41. The molecule has 0 aromatic heterocycles. The minimum absolute atomic E-state index is 0.0411. The summed E-state index contributed by atoms with van der Waals surface area (Å²) < 4.78 is 28.2. The van der Waals surface area contributed by atoms with Crippen LogP contribution < -0.4 is 10.5 Å². The van der Waals surface area contributed by atoms with Crippen LogP contribution >= 0.6 is 0 Å². The number of rotatable bonds is 3. The van der Waals surface area contributed by atoms with Gasteiger partial charge >= 0.3 is 0 Å². The van der Waals surface area contributed by atoms with Gasteiger partial charge in [-0.3, -0.25) is 0 Å². The smallest absolute Gasteiger partial charge is 0.241 e. The maximum atomic E-state index is 12.7. The summed E-state index contributed by atoms with van der Waals surface area (Å²) in [5.41, 5.74) is 8.11. The Morgan fingerprint density at radius 3 is 2.10 bits per heavy atom. The molecule has 1 aromatic carbocycles.